The summed E-state index contributed by atoms with van der Waals surface area (Å²) in [5.74, 6) is 1.35. The van der Waals surface area contributed by atoms with Crippen LogP contribution in [0.4, 0.5) is 10.5 Å². The number of hydrogen-bond acceptors (Lipinski definition) is 4. The number of ether oxygens (including phenoxy) is 2. The van der Waals surface area contributed by atoms with Crippen molar-refractivity contribution in [3.63, 3.8) is 0 Å². The van der Waals surface area contributed by atoms with E-state index < -0.39 is 0 Å². The molecule has 0 bridgehead atoms. The first-order valence-electron chi connectivity index (χ1n) is 8.77. The van der Waals surface area contributed by atoms with Crippen LogP contribution in [0.3, 0.4) is 0 Å². The molecule has 0 aliphatic carbocycles. The molecular weight excluding hydrogens is 306 g/mol. The molecule has 0 aromatic heterocycles. The van der Waals surface area contributed by atoms with Crippen molar-refractivity contribution in [1.82, 2.24) is 10.6 Å². The quantitative estimate of drug-likeness (QED) is 0.836. The Bertz CT molecular complexity index is 546. The van der Waals surface area contributed by atoms with Crippen LogP contribution in [0.1, 0.15) is 19.3 Å². The van der Waals surface area contributed by atoms with Gasteiger partial charge >= 0.3 is 6.03 Å². The van der Waals surface area contributed by atoms with Gasteiger partial charge in [-0.1, -0.05) is 6.07 Å². The normalized spacial score (nSPS) is 23.3. The molecule has 2 fully saturated rings. The summed E-state index contributed by atoms with van der Waals surface area (Å²) >= 11 is 0. The van der Waals surface area contributed by atoms with Gasteiger partial charge < -0.3 is 25.0 Å². The molecule has 6 heteroatoms. The third kappa shape index (κ3) is 4.54. The van der Waals surface area contributed by atoms with Crippen molar-refractivity contribution in [3.05, 3.63) is 24.3 Å². The number of carbonyl (C=O) groups is 1. The lowest BCUT2D eigenvalue weighted by Crippen LogP contribution is -2.41. The fourth-order valence-electron chi connectivity index (χ4n) is 3.35. The lowest BCUT2D eigenvalue weighted by molar-refractivity contribution is 0.111. The molecule has 2 heterocycles. The average Bonchev–Trinajstić information content (AvgIpc) is 3.30. The van der Waals surface area contributed by atoms with E-state index in [0.29, 0.717) is 19.0 Å². The van der Waals surface area contributed by atoms with Crippen molar-refractivity contribution in [2.45, 2.75) is 25.4 Å². The van der Waals surface area contributed by atoms with Crippen LogP contribution in [0.15, 0.2) is 24.3 Å². The third-order valence-corrected chi connectivity index (χ3v) is 4.77. The van der Waals surface area contributed by atoms with Crippen LogP contribution in [0.2, 0.25) is 0 Å². The Labute approximate surface area is 143 Å². The minimum Gasteiger partial charge on any atom is -0.497 e. The van der Waals surface area contributed by atoms with E-state index in [1.807, 2.05) is 12.1 Å². The Morgan fingerprint density at radius 2 is 2.21 bits per heavy atom. The topological polar surface area (TPSA) is 62.8 Å². The summed E-state index contributed by atoms with van der Waals surface area (Å²) in [6, 6.07) is 8.04. The van der Waals surface area contributed by atoms with Crippen LogP contribution < -0.4 is 20.3 Å². The van der Waals surface area contributed by atoms with Gasteiger partial charge in [-0.3, -0.25) is 0 Å². The maximum absolute atomic E-state index is 11.9. The second kappa shape index (κ2) is 8.24. The smallest absolute Gasteiger partial charge is 0.314 e. The van der Waals surface area contributed by atoms with E-state index in [1.165, 1.54) is 5.69 Å². The molecule has 6 nitrogen and oxygen atoms in total. The molecule has 0 saturated carbocycles. The van der Waals surface area contributed by atoms with Gasteiger partial charge in [0.05, 0.1) is 13.2 Å². The number of urea groups is 1. The van der Waals surface area contributed by atoms with E-state index in [4.69, 9.17) is 9.47 Å². The molecule has 2 aliphatic heterocycles. The van der Waals surface area contributed by atoms with E-state index in [2.05, 4.69) is 27.7 Å². The zero-order valence-electron chi connectivity index (χ0n) is 14.3. The summed E-state index contributed by atoms with van der Waals surface area (Å²) < 4.78 is 10.8. The summed E-state index contributed by atoms with van der Waals surface area (Å²) in [6.07, 6.45) is 3.41. The average molecular weight is 333 g/mol. The Hall–Kier alpha value is -1.95. The summed E-state index contributed by atoms with van der Waals surface area (Å²) in [6.45, 7) is 4.09. The first-order chi connectivity index (χ1) is 11.7. The maximum atomic E-state index is 11.9. The molecule has 132 valence electrons. The highest BCUT2D eigenvalue weighted by molar-refractivity contribution is 5.73. The van der Waals surface area contributed by atoms with Crippen LogP contribution in [0.5, 0.6) is 5.75 Å². The molecule has 24 heavy (non-hydrogen) atoms. The number of benzene rings is 1. The van der Waals surface area contributed by atoms with E-state index >= 15 is 0 Å². The Morgan fingerprint density at radius 3 is 3.00 bits per heavy atom. The van der Waals surface area contributed by atoms with Crippen LogP contribution >= 0.6 is 0 Å². The molecule has 3 rings (SSSR count). The molecule has 1 aromatic rings. The lowest BCUT2D eigenvalue weighted by atomic mass is 10.1. The number of carbonyl (C=O) groups excluding carboxylic acids is 1. The van der Waals surface area contributed by atoms with Crippen LogP contribution in [0, 0.1) is 5.92 Å². The monoisotopic (exact) mass is 333 g/mol. The molecule has 1 aromatic carbocycles. The zero-order valence-corrected chi connectivity index (χ0v) is 14.3. The molecule has 2 N–H and O–H groups in total. The molecule has 0 radical (unpaired) electrons. The van der Waals surface area contributed by atoms with Crippen molar-refractivity contribution >= 4 is 11.7 Å². The van der Waals surface area contributed by atoms with E-state index in [0.717, 1.165) is 44.7 Å². The number of methoxy groups -OCH3 is 1. The SMILES string of the molecule is COc1cccc(N2CC[C@H](CNC(=O)NC[C@@H]3CCCO3)C2)c1. The largest absolute Gasteiger partial charge is 0.497 e. The summed E-state index contributed by atoms with van der Waals surface area (Å²) in [5, 5.41) is 5.89. The highest BCUT2D eigenvalue weighted by Crippen LogP contribution is 2.26. The molecule has 2 saturated heterocycles. The highest BCUT2D eigenvalue weighted by atomic mass is 16.5. The highest BCUT2D eigenvalue weighted by Gasteiger charge is 2.23. The number of anilines is 1. The van der Waals surface area contributed by atoms with Crippen LogP contribution in [-0.2, 0) is 4.74 Å². The molecule has 0 unspecified atom stereocenters. The lowest BCUT2D eigenvalue weighted by Gasteiger charge is -2.19. The minimum atomic E-state index is -0.0923. The Kier molecular flexibility index (Phi) is 5.80. The zero-order chi connectivity index (χ0) is 16.8. The maximum Gasteiger partial charge on any atom is 0.314 e. The van der Waals surface area contributed by atoms with Gasteiger partial charge in [0, 0.05) is 44.5 Å². The molecule has 0 spiro atoms. The third-order valence-electron chi connectivity index (χ3n) is 4.77. The van der Waals surface area contributed by atoms with Crippen molar-refractivity contribution in [2.24, 2.45) is 5.92 Å². The summed E-state index contributed by atoms with van der Waals surface area (Å²) in [4.78, 5) is 14.2. The van der Waals surface area contributed by atoms with Crippen LogP contribution in [-0.4, -0.2) is 52.0 Å². The van der Waals surface area contributed by atoms with Crippen molar-refractivity contribution in [2.75, 3.05) is 44.8 Å². The van der Waals surface area contributed by atoms with Gasteiger partial charge in [0.25, 0.3) is 0 Å². The number of rotatable bonds is 6. The predicted molar refractivity (Wildman–Crippen MR) is 93.7 cm³/mol. The Balaban J connectivity index is 1.38. The van der Waals surface area contributed by atoms with Gasteiger partial charge in [-0.05, 0) is 37.3 Å². The van der Waals surface area contributed by atoms with Gasteiger partial charge in [0.15, 0.2) is 0 Å². The molecular formula is C18H27N3O3. The minimum absolute atomic E-state index is 0.0923. The Morgan fingerprint density at radius 1 is 1.33 bits per heavy atom. The first kappa shape index (κ1) is 16.9. The second-order valence-corrected chi connectivity index (χ2v) is 6.53. The fourth-order valence-corrected chi connectivity index (χ4v) is 3.35. The predicted octanol–water partition coefficient (Wildman–Crippen LogP) is 2.00. The standard InChI is InChI=1S/C18H27N3O3/c1-23-16-5-2-4-15(10-16)21-8-7-14(13-21)11-19-18(22)20-12-17-6-3-9-24-17/h2,4-5,10,14,17H,3,6-9,11-13H2,1H3,(H2,19,20,22)/t14-,17+/m1/s1. The van der Waals surface area contributed by atoms with E-state index in [1.54, 1.807) is 7.11 Å². The van der Waals surface area contributed by atoms with Gasteiger partial charge in [-0.2, -0.15) is 0 Å². The summed E-state index contributed by atoms with van der Waals surface area (Å²) in [7, 11) is 1.69. The second-order valence-electron chi connectivity index (χ2n) is 6.53. The summed E-state index contributed by atoms with van der Waals surface area (Å²) in [5.41, 5.74) is 1.18. The van der Waals surface area contributed by atoms with Gasteiger partial charge in [-0.15, -0.1) is 0 Å². The first-order valence-corrected chi connectivity index (χ1v) is 8.77. The molecule has 2 aliphatic rings. The van der Waals surface area contributed by atoms with Gasteiger partial charge in [0.2, 0.25) is 0 Å². The van der Waals surface area contributed by atoms with E-state index in [-0.39, 0.29) is 12.1 Å². The number of nitrogens with zero attached hydrogens (tertiary/aromatic N) is 1. The van der Waals surface area contributed by atoms with Crippen molar-refractivity contribution in [3.8, 4) is 5.75 Å². The van der Waals surface area contributed by atoms with Crippen LogP contribution in [0.25, 0.3) is 0 Å². The van der Waals surface area contributed by atoms with Crippen molar-refractivity contribution < 1.29 is 14.3 Å². The van der Waals surface area contributed by atoms with Gasteiger partial charge in [-0.25, -0.2) is 4.79 Å². The van der Waals surface area contributed by atoms with E-state index in [9.17, 15) is 4.79 Å². The van der Waals surface area contributed by atoms with Gasteiger partial charge in [0.1, 0.15) is 5.75 Å². The number of nitrogens with one attached hydrogen (secondary N) is 2. The van der Waals surface area contributed by atoms with Crippen molar-refractivity contribution in [1.29, 1.82) is 0 Å². The molecule has 2 amide bonds. The number of amides is 2. The fraction of sp³-hybridized carbons (Fsp3) is 0.611. The number of hydrogen-bond donors (Lipinski definition) is 2. The molecule has 2 atom stereocenters.